The molecular weight excluding hydrogens is 1130 g/mol. The molecule has 0 fully saturated rings. The van der Waals surface area contributed by atoms with E-state index in [0.29, 0.717) is 62.1 Å². The Balaban J connectivity index is 1.09. The highest BCUT2D eigenvalue weighted by Gasteiger charge is 2.45. The van der Waals surface area contributed by atoms with Gasteiger partial charge < -0.3 is 18.9 Å². The fourth-order valence-corrected chi connectivity index (χ4v) is 14.2. The number of nitriles is 2. The van der Waals surface area contributed by atoms with Crippen molar-refractivity contribution in [1.82, 2.24) is 9.13 Å². The maximum Gasteiger partial charge on any atom is 0.252 e. The van der Waals surface area contributed by atoms with E-state index < -0.39 is 30.3 Å². The molecule has 7 heteroatoms. The first-order valence-electron chi connectivity index (χ1n) is 36.2. The van der Waals surface area contributed by atoms with Gasteiger partial charge in [-0.05, 0) is 162 Å². The summed E-state index contributed by atoms with van der Waals surface area (Å²) in [7, 11) is 0. The summed E-state index contributed by atoms with van der Waals surface area (Å²) in [6.07, 6.45) is 0. The van der Waals surface area contributed by atoms with Gasteiger partial charge in [-0.15, -0.1) is 0 Å². The molecule has 16 rings (SSSR count). The molecule has 0 amide bonds. The second-order valence-electron chi connectivity index (χ2n) is 27.7. The monoisotopic (exact) mass is 1210 g/mol. The van der Waals surface area contributed by atoms with E-state index in [-0.39, 0.29) is 63.8 Å². The van der Waals surface area contributed by atoms with Crippen LogP contribution in [0.1, 0.15) is 102 Å². The molecule has 14 aromatic rings. The first kappa shape index (κ1) is 47.8. The molecule has 2 aliphatic rings. The lowest BCUT2D eigenvalue weighted by Crippen LogP contribution is -2.61. The summed E-state index contributed by atoms with van der Waals surface area (Å²) in [5.74, 6) is 0. The molecule has 12 aromatic carbocycles. The number of hydrogen-bond acceptors (Lipinski definition) is 4. The molecule has 0 unspecified atom stereocenters. The summed E-state index contributed by atoms with van der Waals surface area (Å²) in [6, 6.07) is 69.3. The van der Waals surface area contributed by atoms with E-state index in [9.17, 15) is 18.7 Å². The molecule has 0 radical (unpaired) electrons. The van der Waals surface area contributed by atoms with Crippen LogP contribution in [0.4, 0.5) is 34.1 Å². The summed E-state index contributed by atoms with van der Waals surface area (Å²) in [5, 5.41) is 27.6. The van der Waals surface area contributed by atoms with Crippen molar-refractivity contribution in [2.75, 3.05) is 9.80 Å². The number of nitrogens with zero attached hydrogens (tertiary/aromatic N) is 6. The highest BCUT2D eigenvalue weighted by molar-refractivity contribution is 7.00. The average Bonchev–Trinajstić information content (AvgIpc) is 0.859. The Kier molecular flexibility index (Phi) is 10.9. The summed E-state index contributed by atoms with van der Waals surface area (Å²) in [5.41, 5.74) is 15.4. The van der Waals surface area contributed by atoms with E-state index in [0.717, 1.165) is 87.9 Å². The molecule has 0 spiro atoms. The van der Waals surface area contributed by atoms with Crippen LogP contribution in [0.5, 0.6) is 0 Å². The minimum atomic E-state index is -0.829. The molecule has 0 N–H and O–H groups in total. The molecule has 0 saturated carbocycles. The quantitative estimate of drug-likeness (QED) is 0.149. The predicted molar refractivity (Wildman–Crippen MR) is 391 cm³/mol. The fraction of sp³-hybridized carbons (Fsp3) is 0.140. The van der Waals surface area contributed by atoms with Crippen molar-refractivity contribution in [1.29, 1.82) is 10.5 Å². The van der Waals surface area contributed by atoms with Crippen molar-refractivity contribution in [3.8, 4) is 56.9 Å². The minimum absolute atomic E-state index is 0.0127. The number of rotatable bonds is 7. The Morgan fingerprint density at radius 3 is 1.37 bits per heavy atom. The first-order chi connectivity index (χ1) is 48.7. The lowest BCUT2D eigenvalue weighted by molar-refractivity contribution is 0.569. The summed E-state index contributed by atoms with van der Waals surface area (Å²) in [4.78, 5) is 4.24. The van der Waals surface area contributed by atoms with Crippen LogP contribution in [0.3, 0.4) is 0 Å². The van der Waals surface area contributed by atoms with Crippen molar-refractivity contribution >= 4 is 101 Å². The smallest absolute Gasteiger partial charge is 0.252 e. The van der Waals surface area contributed by atoms with Gasteiger partial charge in [0.1, 0.15) is 17.7 Å². The number of hydrogen-bond donors (Lipinski definition) is 0. The lowest BCUT2D eigenvalue weighted by Gasteiger charge is -2.45. The van der Waals surface area contributed by atoms with Crippen molar-refractivity contribution in [3.63, 3.8) is 0 Å². The van der Waals surface area contributed by atoms with Gasteiger partial charge in [0.25, 0.3) is 6.71 Å². The van der Waals surface area contributed by atoms with Gasteiger partial charge in [0.2, 0.25) is 0 Å². The van der Waals surface area contributed by atoms with E-state index >= 15 is 0 Å². The number of anilines is 6. The third-order valence-corrected chi connectivity index (χ3v) is 18.9. The molecule has 6 nitrogen and oxygen atoms in total. The van der Waals surface area contributed by atoms with Crippen LogP contribution in [0.2, 0.25) is 0 Å². The van der Waals surface area contributed by atoms with Crippen LogP contribution >= 0.6 is 0 Å². The fourth-order valence-electron chi connectivity index (χ4n) is 14.2. The third-order valence-electron chi connectivity index (χ3n) is 18.9. The largest absolute Gasteiger partial charge is 0.311 e. The summed E-state index contributed by atoms with van der Waals surface area (Å²) < 4.78 is 89.2. The van der Waals surface area contributed by atoms with E-state index in [1.165, 1.54) is 0 Å². The second-order valence-corrected chi connectivity index (χ2v) is 27.7. The lowest BCUT2D eigenvalue weighted by atomic mass is 9.33. The zero-order chi connectivity index (χ0) is 71.7. The molecule has 0 bridgehead atoms. The van der Waals surface area contributed by atoms with Gasteiger partial charge in [-0.3, -0.25) is 0 Å². The number of para-hydroxylation sites is 4. The molecule has 446 valence electrons. The SMILES string of the molecule is [2H]c1c([2H])c([2H])c(-c2ccc3c(c2)N(c2cccc(-n4c5ccccc5c5ccccc54)c2C#N)c2cc(-c4c([2H])c([2H])c([2H])c(C(C)(C)C)c4[2H])cc4c2B3c2ccc(-c3cc(C(C)(C)C)cc(C(C)(C)C)c3)cc2N4c2ccc(C#N)c(-n3c4ccccc4c4ccccc43)c2)c([2H])c1[2H]. The highest BCUT2D eigenvalue weighted by atomic mass is 15.2. The van der Waals surface area contributed by atoms with Gasteiger partial charge in [0, 0.05) is 50.0 Å². The maximum absolute atomic E-state index is 12.2. The van der Waals surface area contributed by atoms with Crippen LogP contribution < -0.4 is 26.2 Å². The highest BCUT2D eigenvalue weighted by Crippen LogP contribution is 2.50. The Morgan fingerprint density at radius 2 is 0.828 bits per heavy atom. The van der Waals surface area contributed by atoms with E-state index in [4.69, 9.17) is 4.11 Å². The molecular formula is C86H69BN6. The van der Waals surface area contributed by atoms with Gasteiger partial charge >= 0.3 is 0 Å². The zero-order valence-corrected chi connectivity index (χ0v) is 53.3. The average molecular weight is 1210 g/mol. The van der Waals surface area contributed by atoms with Crippen molar-refractivity contribution < 1.29 is 12.3 Å². The van der Waals surface area contributed by atoms with Crippen molar-refractivity contribution in [2.24, 2.45) is 0 Å². The Morgan fingerprint density at radius 1 is 0.355 bits per heavy atom. The van der Waals surface area contributed by atoms with Crippen LogP contribution in [0.25, 0.3) is 88.4 Å². The van der Waals surface area contributed by atoms with Crippen molar-refractivity contribution in [2.45, 2.75) is 78.6 Å². The van der Waals surface area contributed by atoms with Crippen molar-refractivity contribution in [3.05, 3.63) is 282 Å². The van der Waals surface area contributed by atoms with Gasteiger partial charge in [-0.2, -0.15) is 10.5 Å². The van der Waals surface area contributed by atoms with Crippen LogP contribution in [0.15, 0.2) is 255 Å². The third kappa shape index (κ3) is 9.20. The molecule has 2 aliphatic heterocycles. The molecule has 0 atom stereocenters. The Bertz CT molecular complexity index is 5920. The summed E-state index contributed by atoms with van der Waals surface area (Å²) in [6.45, 7) is 18.4. The minimum Gasteiger partial charge on any atom is -0.311 e. The molecule has 2 aromatic heterocycles. The van der Waals surface area contributed by atoms with Gasteiger partial charge in [0.05, 0.1) is 57.0 Å². The number of aromatic nitrogens is 2. The van der Waals surface area contributed by atoms with E-state index in [2.05, 4.69) is 147 Å². The van der Waals surface area contributed by atoms with Gasteiger partial charge in [0.15, 0.2) is 0 Å². The Labute approximate surface area is 557 Å². The summed E-state index contributed by atoms with van der Waals surface area (Å²) >= 11 is 0. The normalized spacial score (nSPS) is 14.3. The first-order valence-corrected chi connectivity index (χ1v) is 31.7. The second kappa shape index (κ2) is 21.2. The molecule has 93 heavy (non-hydrogen) atoms. The standard InChI is InChI=1S/C86H69BN6/c1-84(2,3)61-26-21-25-55(43-61)60-48-81-83-82(49-60)93(77-36-22-35-76(69(77)53-89)91-72-31-17-13-27-65(72)66-28-14-18-32-73(66)91)80-46-56(54-23-11-10-12-24-54)38-41-71(80)87(83)70-42-39-57(59-44-62(85(4,5)6)50-63(45-59)86(7,8)9)47-79(70)90(81)64-40-37-58(52-88)78(51-64)92-74-33-19-15-29-67(74)68-30-16-20-34-75(68)92/h10-51H,1-9H3/i10D,11D,12D,21D,23D,24D,25D,26D,43D. The van der Waals surface area contributed by atoms with Gasteiger partial charge in [-0.1, -0.05) is 238 Å². The van der Waals surface area contributed by atoms with Crippen LogP contribution in [-0.2, 0) is 16.2 Å². The van der Waals surface area contributed by atoms with Crippen LogP contribution in [0, 0.1) is 22.7 Å². The maximum atomic E-state index is 12.2. The molecule has 4 heterocycles. The van der Waals surface area contributed by atoms with Crippen LogP contribution in [-0.4, -0.2) is 15.8 Å². The van der Waals surface area contributed by atoms with E-state index in [1.54, 1.807) is 0 Å². The molecule has 0 saturated heterocycles. The molecule has 0 aliphatic carbocycles. The van der Waals surface area contributed by atoms with E-state index in [1.807, 2.05) is 147 Å². The predicted octanol–water partition coefficient (Wildman–Crippen LogP) is 20.6. The zero-order valence-electron chi connectivity index (χ0n) is 62.3. The Hall–Kier alpha value is -11.1. The number of fused-ring (bicyclic) bond motifs is 10. The van der Waals surface area contributed by atoms with Gasteiger partial charge in [-0.25, -0.2) is 0 Å². The topological polar surface area (TPSA) is 63.9 Å². The number of benzene rings is 12.